The van der Waals surface area contributed by atoms with Crippen LogP contribution in [-0.4, -0.2) is 22.1 Å². The van der Waals surface area contributed by atoms with Crippen molar-refractivity contribution in [1.82, 2.24) is 9.55 Å². The third-order valence-corrected chi connectivity index (χ3v) is 3.42. The van der Waals surface area contributed by atoms with Gasteiger partial charge in [-0.3, -0.25) is 9.36 Å². The lowest BCUT2D eigenvalue weighted by atomic mass is 10.2. The number of hydrogen-bond donors (Lipinski definition) is 0. The van der Waals surface area contributed by atoms with Gasteiger partial charge in [-0.25, -0.2) is 4.98 Å². The first-order chi connectivity index (χ1) is 10.3. The molecule has 0 amide bonds. The molecule has 0 aliphatic rings. The molecule has 0 unspecified atom stereocenters. The summed E-state index contributed by atoms with van der Waals surface area (Å²) in [5.41, 5.74) is 2.85. The molecule has 0 N–H and O–H groups in total. The first-order valence-electron chi connectivity index (χ1n) is 6.95. The van der Waals surface area contributed by atoms with E-state index in [1.54, 1.807) is 0 Å². The predicted octanol–water partition coefficient (Wildman–Crippen LogP) is 3.32. The molecule has 3 aromatic rings. The van der Waals surface area contributed by atoms with E-state index in [1.807, 2.05) is 48.5 Å². The number of rotatable bonds is 4. The summed E-state index contributed by atoms with van der Waals surface area (Å²) in [6.07, 6.45) is 2.52. The van der Waals surface area contributed by atoms with Crippen LogP contribution in [0.5, 0.6) is 5.75 Å². The molecule has 0 aliphatic heterocycles. The third kappa shape index (κ3) is 2.79. The lowest BCUT2D eigenvalue weighted by Gasteiger charge is -2.07. The van der Waals surface area contributed by atoms with Crippen molar-refractivity contribution in [1.29, 1.82) is 0 Å². The molecule has 0 bridgehead atoms. The van der Waals surface area contributed by atoms with Gasteiger partial charge in [0.15, 0.2) is 6.61 Å². The number of benzene rings is 2. The monoisotopic (exact) mass is 280 g/mol. The van der Waals surface area contributed by atoms with Crippen LogP contribution in [0.15, 0.2) is 54.9 Å². The van der Waals surface area contributed by atoms with Crippen molar-refractivity contribution < 1.29 is 9.53 Å². The fourth-order valence-electron chi connectivity index (χ4n) is 2.19. The van der Waals surface area contributed by atoms with E-state index in [0.29, 0.717) is 5.75 Å². The summed E-state index contributed by atoms with van der Waals surface area (Å²) in [7, 11) is 0. The quantitative estimate of drug-likeness (QED) is 0.736. The fraction of sp³-hybridized carbons (Fsp3) is 0.176. The van der Waals surface area contributed by atoms with Crippen LogP contribution in [-0.2, 0) is 6.42 Å². The minimum absolute atomic E-state index is 0.00811. The first kappa shape index (κ1) is 13.4. The molecule has 0 saturated carbocycles. The van der Waals surface area contributed by atoms with Gasteiger partial charge < -0.3 is 4.74 Å². The van der Waals surface area contributed by atoms with Crippen molar-refractivity contribution in [2.45, 2.75) is 13.3 Å². The molecular formula is C17H16N2O2. The van der Waals surface area contributed by atoms with Crippen molar-refractivity contribution in [3.63, 3.8) is 0 Å². The van der Waals surface area contributed by atoms with Crippen LogP contribution in [0.2, 0.25) is 0 Å². The van der Waals surface area contributed by atoms with Crippen LogP contribution < -0.4 is 4.74 Å². The van der Waals surface area contributed by atoms with Gasteiger partial charge in [0, 0.05) is 0 Å². The fourth-order valence-corrected chi connectivity index (χ4v) is 2.19. The molecule has 0 fully saturated rings. The van der Waals surface area contributed by atoms with Gasteiger partial charge in [0.2, 0.25) is 0 Å². The minimum atomic E-state index is -0.136. The smallest absolute Gasteiger partial charge is 0.270 e. The van der Waals surface area contributed by atoms with Gasteiger partial charge in [-0.1, -0.05) is 31.2 Å². The molecular weight excluding hydrogens is 264 g/mol. The highest BCUT2D eigenvalue weighted by molar-refractivity contribution is 5.90. The molecule has 0 saturated heterocycles. The number of carbonyl (C=O) groups is 1. The normalized spacial score (nSPS) is 10.7. The second-order valence-corrected chi connectivity index (χ2v) is 4.78. The first-order valence-corrected chi connectivity index (χ1v) is 6.95. The summed E-state index contributed by atoms with van der Waals surface area (Å²) in [5, 5.41) is 0. The molecule has 106 valence electrons. The number of ether oxygens (including phenoxy) is 1. The molecule has 21 heavy (non-hydrogen) atoms. The van der Waals surface area contributed by atoms with Crippen LogP contribution in [0.3, 0.4) is 0 Å². The van der Waals surface area contributed by atoms with Gasteiger partial charge in [0.25, 0.3) is 5.91 Å². The van der Waals surface area contributed by atoms with E-state index in [4.69, 9.17) is 4.74 Å². The molecule has 1 aromatic heterocycles. The molecule has 4 nitrogen and oxygen atoms in total. The molecule has 0 atom stereocenters. The van der Waals surface area contributed by atoms with E-state index in [-0.39, 0.29) is 12.5 Å². The topological polar surface area (TPSA) is 44.1 Å². The molecule has 0 radical (unpaired) electrons. The number of hydrogen-bond acceptors (Lipinski definition) is 3. The summed E-state index contributed by atoms with van der Waals surface area (Å²) < 4.78 is 7.07. The van der Waals surface area contributed by atoms with E-state index < -0.39 is 0 Å². The summed E-state index contributed by atoms with van der Waals surface area (Å²) in [5.74, 6) is 0.563. The van der Waals surface area contributed by atoms with E-state index in [2.05, 4.69) is 11.9 Å². The van der Waals surface area contributed by atoms with E-state index >= 15 is 0 Å². The van der Waals surface area contributed by atoms with Crippen molar-refractivity contribution >= 4 is 16.9 Å². The minimum Gasteiger partial charge on any atom is -0.484 e. The van der Waals surface area contributed by atoms with Crippen LogP contribution >= 0.6 is 0 Å². The van der Waals surface area contributed by atoms with Crippen LogP contribution in [0.25, 0.3) is 11.0 Å². The van der Waals surface area contributed by atoms with Crippen LogP contribution in [0, 0.1) is 0 Å². The van der Waals surface area contributed by atoms with Gasteiger partial charge in [-0.05, 0) is 36.2 Å². The number of aromatic nitrogens is 2. The molecule has 0 spiro atoms. The van der Waals surface area contributed by atoms with Crippen LogP contribution in [0.4, 0.5) is 0 Å². The lowest BCUT2D eigenvalue weighted by molar-refractivity contribution is 0.0842. The Labute approximate surface area is 123 Å². The molecule has 0 aliphatic carbocycles. The SMILES string of the molecule is CCc1ccc(OCC(=O)n2cnc3ccccc32)cc1. The van der Waals surface area contributed by atoms with Crippen molar-refractivity contribution in [2.24, 2.45) is 0 Å². The molecule has 2 aromatic carbocycles. The van der Waals surface area contributed by atoms with Crippen molar-refractivity contribution in [3.05, 3.63) is 60.4 Å². The van der Waals surface area contributed by atoms with E-state index in [0.717, 1.165) is 17.5 Å². The average molecular weight is 280 g/mol. The maximum atomic E-state index is 12.2. The number of aryl methyl sites for hydroxylation is 1. The lowest BCUT2D eigenvalue weighted by Crippen LogP contribution is -2.18. The second-order valence-electron chi connectivity index (χ2n) is 4.78. The van der Waals surface area contributed by atoms with Crippen LogP contribution in [0.1, 0.15) is 17.3 Å². The Morgan fingerprint density at radius 2 is 1.90 bits per heavy atom. The molecule has 1 heterocycles. The third-order valence-electron chi connectivity index (χ3n) is 3.42. The van der Waals surface area contributed by atoms with Gasteiger partial charge in [-0.15, -0.1) is 0 Å². The standard InChI is InChI=1S/C17H16N2O2/c1-2-13-7-9-14(10-8-13)21-11-17(20)19-12-18-15-5-3-4-6-16(15)19/h3-10,12H,2,11H2,1H3. The second kappa shape index (κ2) is 5.79. The highest BCUT2D eigenvalue weighted by atomic mass is 16.5. The van der Waals surface area contributed by atoms with E-state index in [1.165, 1.54) is 16.5 Å². The van der Waals surface area contributed by atoms with Gasteiger partial charge in [-0.2, -0.15) is 0 Å². The Bertz CT molecular complexity index is 760. The number of carbonyl (C=O) groups excluding carboxylic acids is 1. The van der Waals surface area contributed by atoms with Gasteiger partial charge in [0.05, 0.1) is 11.0 Å². The van der Waals surface area contributed by atoms with Gasteiger partial charge in [0.1, 0.15) is 12.1 Å². The number of para-hydroxylation sites is 2. The maximum Gasteiger partial charge on any atom is 0.270 e. The zero-order valence-corrected chi connectivity index (χ0v) is 11.8. The summed E-state index contributed by atoms with van der Waals surface area (Å²) in [4.78, 5) is 16.4. The Morgan fingerprint density at radius 1 is 1.14 bits per heavy atom. The average Bonchev–Trinajstić information content (AvgIpc) is 2.97. The Morgan fingerprint density at radius 3 is 2.67 bits per heavy atom. The molecule has 3 rings (SSSR count). The predicted molar refractivity (Wildman–Crippen MR) is 81.7 cm³/mol. The summed E-state index contributed by atoms with van der Waals surface area (Å²) >= 11 is 0. The Balaban J connectivity index is 1.71. The number of imidazole rings is 1. The number of fused-ring (bicyclic) bond motifs is 1. The Hall–Kier alpha value is -2.62. The highest BCUT2D eigenvalue weighted by Gasteiger charge is 2.10. The van der Waals surface area contributed by atoms with Gasteiger partial charge >= 0.3 is 0 Å². The van der Waals surface area contributed by atoms with Crippen molar-refractivity contribution in [2.75, 3.05) is 6.61 Å². The Kier molecular flexibility index (Phi) is 3.69. The zero-order chi connectivity index (χ0) is 14.7. The van der Waals surface area contributed by atoms with Crippen molar-refractivity contribution in [3.8, 4) is 5.75 Å². The largest absolute Gasteiger partial charge is 0.484 e. The summed E-state index contributed by atoms with van der Waals surface area (Å²) in [6.45, 7) is 2.09. The summed E-state index contributed by atoms with van der Waals surface area (Å²) in [6, 6.07) is 15.3. The maximum absolute atomic E-state index is 12.2. The zero-order valence-electron chi connectivity index (χ0n) is 11.8. The van der Waals surface area contributed by atoms with E-state index in [9.17, 15) is 4.79 Å². The molecule has 4 heteroatoms. The number of nitrogens with zero attached hydrogens (tertiary/aromatic N) is 2. The highest BCUT2D eigenvalue weighted by Crippen LogP contribution is 2.14.